The molecule has 41 heavy (non-hydrogen) atoms. The Bertz CT molecular complexity index is 2320. The van der Waals surface area contributed by atoms with Gasteiger partial charge in [-0.3, -0.25) is 0 Å². The van der Waals surface area contributed by atoms with Crippen LogP contribution in [0.25, 0.3) is 66.1 Å². The Hall–Kier alpha value is -4.94. The average Bonchev–Trinajstić information content (AvgIpc) is 3.32. The second kappa shape index (κ2) is 9.04. The highest BCUT2D eigenvalue weighted by molar-refractivity contribution is 6.21. The SMILES string of the molecule is [2H]c1c([2H])c([2H])c(-c2c3ccccc3c(-c3cccc(-c4ccc5c(c4)C(C)(C)c4ccccc4-5)c3)c3ccccc23)c([2H])c1[2H]. The van der Waals surface area contributed by atoms with E-state index in [4.69, 9.17) is 6.85 Å². The molecule has 1 aliphatic carbocycles. The van der Waals surface area contributed by atoms with Crippen molar-refractivity contribution in [2.24, 2.45) is 0 Å². The van der Waals surface area contributed by atoms with Crippen LogP contribution in [0.4, 0.5) is 0 Å². The van der Waals surface area contributed by atoms with E-state index in [1.54, 1.807) is 0 Å². The third-order valence-electron chi connectivity index (χ3n) is 8.75. The van der Waals surface area contributed by atoms with Crippen LogP contribution >= 0.6 is 0 Å². The van der Waals surface area contributed by atoms with Crippen LogP contribution in [0.1, 0.15) is 31.8 Å². The molecule has 194 valence electrons. The number of hydrogen-bond donors (Lipinski definition) is 0. The topological polar surface area (TPSA) is 0 Å². The van der Waals surface area contributed by atoms with Gasteiger partial charge in [0.25, 0.3) is 0 Å². The molecule has 0 saturated heterocycles. The smallest absolute Gasteiger partial charge is 0.0622 e. The second-order valence-corrected chi connectivity index (χ2v) is 11.4. The average molecular weight is 528 g/mol. The maximum absolute atomic E-state index is 8.82. The molecule has 0 radical (unpaired) electrons. The predicted octanol–water partition coefficient (Wildman–Crippen LogP) is 11.3. The van der Waals surface area contributed by atoms with Crippen molar-refractivity contribution in [2.45, 2.75) is 19.3 Å². The molecule has 8 rings (SSSR count). The van der Waals surface area contributed by atoms with Crippen molar-refractivity contribution in [1.82, 2.24) is 0 Å². The van der Waals surface area contributed by atoms with Crippen molar-refractivity contribution in [3.05, 3.63) is 157 Å². The van der Waals surface area contributed by atoms with Gasteiger partial charge < -0.3 is 0 Å². The lowest BCUT2D eigenvalue weighted by Crippen LogP contribution is -2.14. The Labute approximate surface area is 248 Å². The summed E-state index contributed by atoms with van der Waals surface area (Å²) in [5.41, 5.74) is 10.5. The number of fused-ring (bicyclic) bond motifs is 5. The summed E-state index contributed by atoms with van der Waals surface area (Å²) in [6, 6.07) is 38.7. The summed E-state index contributed by atoms with van der Waals surface area (Å²) in [5, 5.41) is 3.62. The lowest BCUT2D eigenvalue weighted by Gasteiger charge is -2.22. The summed E-state index contributed by atoms with van der Waals surface area (Å²) >= 11 is 0. The molecule has 0 spiro atoms. The molecule has 0 nitrogen and oxygen atoms in total. The summed E-state index contributed by atoms with van der Waals surface area (Å²) in [6.07, 6.45) is 0. The van der Waals surface area contributed by atoms with Gasteiger partial charge in [0.15, 0.2) is 0 Å². The molecule has 0 unspecified atom stereocenters. The Morgan fingerprint density at radius 2 is 0.976 bits per heavy atom. The van der Waals surface area contributed by atoms with Crippen LogP contribution in [-0.2, 0) is 5.41 Å². The molecular formula is C41H30. The van der Waals surface area contributed by atoms with Crippen LogP contribution in [0.5, 0.6) is 0 Å². The quantitative estimate of drug-likeness (QED) is 0.200. The Balaban J connectivity index is 1.37. The normalized spacial score (nSPS) is 15.0. The van der Waals surface area contributed by atoms with Crippen LogP contribution < -0.4 is 0 Å². The van der Waals surface area contributed by atoms with Gasteiger partial charge in [-0.2, -0.15) is 0 Å². The van der Waals surface area contributed by atoms with Gasteiger partial charge in [-0.15, -0.1) is 0 Å². The van der Waals surface area contributed by atoms with Crippen LogP contribution in [0, 0.1) is 0 Å². The Morgan fingerprint density at radius 1 is 0.439 bits per heavy atom. The van der Waals surface area contributed by atoms with Crippen molar-refractivity contribution < 1.29 is 6.85 Å². The molecule has 0 amide bonds. The van der Waals surface area contributed by atoms with Crippen molar-refractivity contribution >= 4 is 21.5 Å². The third kappa shape index (κ3) is 3.61. The lowest BCUT2D eigenvalue weighted by molar-refractivity contribution is 0.660. The van der Waals surface area contributed by atoms with Gasteiger partial charge in [-0.05, 0) is 89.3 Å². The van der Waals surface area contributed by atoms with E-state index in [1.165, 1.54) is 22.3 Å². The Kier molecular flexibility index (Phi) is 4.23. The van der Waals surface area contributed by atoms with E-state index >= 15 is 0 Å². The zero-order valence-electron chi connectivity index (χ0n) is 28.0. The first-order valence-corrected chi connectivity index (χ1v) is 14.0. The van der Waals surface area contributed by atoms with E-state index in [1.807, 2.05) is 36.4 Å². The summed E-state index contributed by atoms with van der Waals surface area (Å²) < 4.78 is 42.6. The summed E-state index contributed by atoms with van der Waals surface area (Å²) in [7, 11) is 0. The van der Waals surface area contributed by atoms with Crippen molar-refractivity contribution in [3.63, 3.8) is 0 Å². The van der Waals surface area contributed by atoms with Crippen molar-refractivity contribution in [2.75, 3.05) is 0 Å². The first-order chi connectivity index (χ1) is 22.2. The van der Waals surface area contributed by atoms with E-state index in [0.717, 1.165) is 43.8 Å². The van der Waals surface area contributed by atoms with Gasteiger partial charge >= 0.3 is 0 Å². The molecule has 0 heterocycles. The maximum Gasteiger partial charge on any atom is 0.0629 e. The van der Waals surface area contributed by atoms with Crippen LogP contribution in [0.3, 0.4) is 0 Å². The van der Waals surface area contributed by atoms with Gasteiger partial charge in [-0.25, -0.2) is 0 Å². The first-order valence-electron chi connectivity index (χ1n) is 16.5. The monoisotopic (exact) mass is 527 g/mol. The van der Waals surface area contributed by atoms with Gasteiger partial charge in [0, 0.05) is 5.41 Å². The minimum Gasteiger partial charge on any atom is -0.0622 e. The van der Waals surface area contributed by atoms with Crippen LogP contribution in [0.15, 0.2) is 145 Å². The summed E-state index contributed by atoms with van der Waals surface area (Å²) in [6.45, 7) is 4.60. The molecule has 0 aliphatic heterocycles. The van der Waals surface area contributed by atoms with E-state index in [9.17, 15) is 0 Å². The molecule has 0 N–H and O–H groups in total. The molecular weight excluding hydrogens is 492 g/mol. The molecule has 0 saturated carbocycles. The largest absolute Gasteiger partial charge is 0.0629 e. The van der Waals surface area contributed by atoms with Gasteiger partial charge in [0.05, 0.1) is 6.85 Å². The molecule has 0 heteroatoms. The molecule has 7 aromatic rings. The van der Waals surface area contributed by atoms with Gasteiger partial charge in [-0.1, -0.05) is 147 Å². The predicted molar refractivity (Wildman–Crippen MR) is 175 cm³/mol. The third-order valence-corrected chi connectivity index (χ3v) is 8.75. The second-order valence-electron chi connectivity index (χ2n) is 11.4. The molecule has 1 aliphatic rings. The molecule has 7 aromatic carbocycles. The van der Waals surface area contributed by atoms with E-state index < -0.39 is 0 Å². The highest BCUT2D eigenvalue weighted by Crippen LogP contribution is 2.50. The fourth-order valence-electron chi connectivity index (χ4n) is 6.82. The highest BCUT2D eigenvalue weighted by Gasteiger charge is 2.35. The van der Waals surface area contributed by atoms with E-state index in [-0.39, 0.29) is 41.2 Å². The molecule has 0 atom stereocenters. The van der Waals surface area contributed by atoms with Gasteiger partial charge in [0.2, 0.25) is 0 Å². The first kappa shape index (κ1) is 19.2. The standard InChI is InChI=1S/C41H30/c1-41(2)37-22-11-10-17-31(37)32-24-23-29(26-38(32)41)28-15-12-16-30(25-28)40-35-20-8-6-18-33(35)39(27-13-4-3-5-14-27)34-19-7-9-21-36(34)40/h3-26H,1-2H3/i3D,4D,5D,13D,14D. The maximum atomic E-state index is 8.82. The summed E-state index contributed by atoms with van der Waals surface area (Å²) in [4.78, 5) is 0. The summed E-state index contributed by atoms with van der Waals surface area (Å²) in [5.74, 6) is 0. The molecule has 0 fully saturated rings. The highest BCUT2D eigenvalue weighted by atomic mass is 14.4. The van der Waals surface area contributed by atoms with Gasteiger partial charge in [0.1, 0.15) is 0 Å². The fraction of sp³-hybridized carbons (Fsp3) is 0.0732. The van der Waals surface area contributed by atoms with Crippen molar-refractivity contribution in [3.8, 4) is 44.5 Å². The van der Waals surface area contributed by atoms with E-state index in [2.05, 4.69) is 92.7 Å². The lowest BCUT2D eigenvalue weighted by atomic mass is 9.81. The zero-order valence-corrected chi connectivity index (χ0v) is 23.0. The van der Waals surface area contributed by atoms with Crippen LogP contribution in [-0.4, -0.2) is 0 Å². The zero-order chi connectivity index (χ0) is 31.9. The van der Waals surface area contributed by atoms with Crippen LogP contribution in [0.2, 0.25) is 0 Å². The molecule has 0 bridgehead atoms. The number of benzene rings is 7. The minimum atomic E-state index is -0.389. The van der Waals surface area contributed by atoms with Crippen molar-refractivity contribution in [1.29, 1.82) is 0 Å². The molecule has 0 aromatic heterocycles. The minimum absolute atomic E-state index is 0.0921. The number of hydrogen-bond acceptors (Lipinski definition) is 0. The Morgan fingerprint density at radius 3 is 1.66 bits per heavy atom. The number of rotatable bonds is 3. The fourth-order valence-corrected chi connectivity index (χ4v) is 6.82. The van der Waals surface area contributed by atoms with E-state index in [0.29, 0.717) is 5.56 Å².